The van der Waals surface area contributed by atoms with Gasteiger partial charge in [0.25, 0.3) is 0 Å². The molecule has 0 radical (unpaired) electrons. The summed E-state index contributed by atoms with van der Waals surface area (Å²) in [5, 5.41) is 9.47. The van der Waals surface area contributed by atoms with Crippen LogP contribution in [0, 0.1) is 5.92 Å². The number of nitrogens with zero attached hydrogens (tertiary/aromatic N) is 2. The standard InChI is InChI=1S/C12H19N5O.ClH/c1-3-13-10-8-11(17(4-2)12(18)16-10)15-9(14-8)7-5-6-7;/h7,11,13H,3-6H2,1-2H3,(H,14,15)(H,16,18);1H. The van der Waals surface area contributed by atoms with Crippen LogP contribution < -0.4 is 16.0 Å². The van der Waals surface area contributed by atoms with E-state index >= 15 is 0 Å². The van der Waals surface area contributed by atoms with E-state index in [9.17, 15) is 4.79 Å². The predicted octanol–water partition coefficient (Wildman–Crippen LogP) is 0.970. The third kappa shape index (κ3) is 2.36. The molecule has 19 heavy (non-hydrogen) atoms. The van der Waals surface area contributed by atoms with Crippen molar-refractivity contribution < 1.29 is 4.79 Å². The molecule has 0 aromatic rings. The van der Waals surface area contributed by atoms with Gasteiger partial charge < -0.3 is 10.6 Å². The fraction of sp³-hybridized carbons (Fsp3) is 0.667. The van der Waals surface area contributed by atoms with Crippen LogP contribution in [0.1, 0.15) is 26.7 Å². The largest absolute Gasteiger partial charge is 0.370 e. The number of carbonyl (C=O) groups excluding carboxylic acids is 1. The second-order valence-electron chi connectivity index (χ2n) is 4.82. The molecule has 0 aromatic heterocycles. The summed E-state index contributed by atoms with van der Waals surface area (Å²) in [7, 11) is 0. The van der Waals surface area contributed by atoms with Gasteiger partial charge in [-0.2, -0.15) is 0 Å². The molecule has 0 spiro atoms. The van der Waals surface area contributed by atoms with Crippen molar-refractivity contribution in [2.75, 3.05) is 13.1 Å². The fourth-order valence-electron chi connectivity index (χ4n) is 2.40. The third-order valence-electron chi connectivity index (χ3n) is 3.50. The number of urea groups is 1. The maximum Gasteiger partial charge on any atom is 0.325 e. The number of amidine groups is 1. The summed E-state index contributed by atoms with van der Waals surface area (Å²) in [5.41, 5.74) is 0.986. The summed E-state index contributed by atoms with van der Waals surface area (Å²) < 4.78 is 0. The Morgan fingerprint density at radius 2 is 2.11 bits per heavy atom. The van der Waals surface area contributed by atoms with E-state index in [1.165, 1.54) is 12.8 Å². The van der Waals surface area contributed by atoms with E-state index in [1.54, 1.807) is 4.90 Å². The van der Waals surface area contributed by atoms with Gasteiger partial charge in [-0.05, 0) is 26.7 Å². The van der Waals surface area contributed by atoms with Gasteiger partial charge >= 0.3 is 6.03 Å². The number of amides is 2. The quantitative estimate of drug-likeness (QED) is 0.721. The number of hydrogen-bond donors (Lipinski definition) is 3. The molecule has 1 aliphatic carbocycles. The van der Waals surface area contributed by atoms with Gasteiger partial charge in [0.1, 0.15) is 17.4 Å². The third-order valence-corrected chi connectivity index (χ3v) is 3.50. The minimum absolute atomic E-state index is 0. The Balaban J connectivity index is 0.00000133. The fourth-order valence-corrected chi connectivity index (χ4v) is 2.40. The molecule has 106 valence electrons. The zero-order valence-corrected chi connectivity index (χ0v) is 12.0. The molecule has 3 rings (SSSR count). The monoisotopic (exact) mass is 285 g/mol. The highest BCUT2D eigenvalue weighted by Gasteiger charge is 2.41. The van der Waals surface area contributed by atoms with Crippen LogP contribution >= 0.6 is 12.4 Å². The van der Waals surface area contributed by atoms with Crippen LogP contribution in [-0.2, 0) is 0 Å². The van der Waals surface area contributed by atoms with E-state index in [0.29, 0.717) is 12.5 Å². The summed E-state index contributed by atoms with van der Waals surface area (Å²) in [6.45, 7) is 5.42. The molecular weight excluding hydrogens is 266 g/mol. The maximum absolute atomic E-state index is 12.0. The Morgan fingerprint density at radius 3 is 2.68 bits per heavy atom. The number of nitrogens with one attached hydrogen (secondary N) is 3. The van der Waals surface area contributed by atoms with Gasteiger partial charge in [0.15, 0.2) is 6.17 Å². The van der Waals surface area contributed by atoms with E-state index in [2.05, 4.69) is 20.9 Å². The summed E-state index contributed by atoms with van der Waals surface area (Å²) in [6, 6.07) is -0.0789. The SMILES string of the molecule is CCNC1=C2NC(C3CC3)=NC2N(CC)C(=O)N1.Cl. The molecule has 3 aliphatic rings. The van der Waals surface area contributed by atoms with Crippen molar-refractivity contribution in [1.82, 2.24) is 20.9 Å². The van der Waals surface area contributed by atoms with E-state index in [1.807, 2.05) is 13.8 Å². The van der Waals surface area contributed by atoms with Crippen LogP contribution in [0.2, 0.25) is 0 Å². The lowest BCUT2D eigenvalue weighted by Crippen LogP contribution is -2.53. The van der Waals surface area contributed by atoms with Crippen molar-refractivity contribution in [2.45, 2.75) is 32.9 Å². The first-order valence-electron chi connectivity index (χ1n) is 6.65. The first-order chi connectivity index (χ1) is 8.74. The van der Waals surface area contributed by atoms with Gasteiger partial charge in [-0.25, -0.2) is 9.79 Å². The smallest absolute Gasteiger partial charge is 0.325 e. The molecule has 3 N–H and O–H groups in total. The molecule has 6 nitrogen and oxygen atoms in total. The van der Waals surface area contributed by atoms with Crippen LogP contribution in [0.3, 0.4) is 0 Å². The molecule has 0 bridgehead atoms. The van der Waals surface area contributed by atoms with E-state index in [-0.39, 0.29) is 24.6 Å². The Bertz CT molecular complexity index is 443. The first-order valence-corrected chi connectivity index (χ1v) is 6.65. The summed E-state index contributed by atoms with van der Waals surface area (Å²) in [5.74, 6) is 2.39. The van der Waals surface area contributed by atoms with Crippen LogP contribution in [-0.4, -0.2) is 36.0 Å². The second-order valence-corrected chi connectivity index (χ2v) is 4.82. The minimum Gasteiger partial charge on any atom is -0.370 e. The minimum atomic E-state index is -0.173. The average Bonchev–Trinajstić information content (AvgIpc) is 3.10. The number of likely N-dealkylation sites (N-methyl/N-ethyl adjacent to an activating group) is 1. The van der Waals surface area contributed by atoms with Gasteiger partial charge in [-0.3, -0.25) is 10.2 Å². The Labute approximate surface area is 119 Å². The van der Waals surface area contributed by atoms with Gasteiger partial charge in [0.05, 0.1) is 0 Å². The zero-order chi connectivity index (χ0) is 12.7. The number of halogens is 1. The van der Waals surface area contributed by atoms with Gasteiger partial charge in [-0.15, -0.1) is 12.4 Å². The number of rotatable bonds is 4. The number of fused-ring (bicyclic) bond motifs is 1. The number of aliphatic imine (C=N–C) groups is 1. The van der Waals surface area contributed by atoms with Crippen LogP contribution in [0.25, 0.3) is 0 Å². The van der Waals surface area contributed by atoms with Crippen molar-refractivity contribution in [1.29, 1.82) is 0 Å². The second kappa shape index (κ2) is 5.28. The normalized spacial score (nSPS) is 25.2. The van der Waals surface area contributed by atoms with Crippen molar-refractivity contribution in [3.05, 3.63) is 11.5 Å². The lowest BCUT2D eigenvalue weighted by Gasteiger charge is -2.33. The molecule has 0 aromatic carbocycles. The van der Waals surface area contributed by atoms with Gasteiger partial charge in [0.2, 0.25) is 0 Å². The number of carbonyl (C=O) groups is 1. The molecule has 1 fully saturated rings. The molecule has 1 saturated carbocycles. The molecule has 2 aliphatic heterocycles. The molecule has 2 heterocycles. The van der Waals surface area contributed by atoms with Crippen molar-refractivity contribution in [2.24, 2.45) is 10.9 Å². The Kier molecular flexibility index (Phi) is 3.89. The van der Waals surface area contributed by atoms with E-state index in [4.69, 9.17) is 0 Å². The topological polar surface area (TPSA) is 68.8 Å². The summed E-state index contributed by atoms with van der Waals surface area (Å²) in [6.07, 6.45) is 2.24. The average molecular weight is 286 g/mol. The van der Waals surface area contributed by atoms with Gasteiger partial charge in [-0.1, -0.05) is 0 Å². The predicted molar refractivity (Wildman–Crippen MR) is 75.9 cm³/mol. The Morgan fingerprint density at radius 1 is 1.37 bits per heavy atom. The summed E-state index contributed by atoms with van der Waals surface area (Å²) in [4.78, 5) is 18.4. The highest BCUT2D eigenvalue weighted by atomic mass is 35.5. The molecular formula is C12H20ClN5O. The Hall–Kier alpha value is -1.43. The zero-order valence-electron chi connectivity index (χ0n) is 11.2. The lowest BCUT2D eigenvalue weighted by molar-refractivity contribution is 0.183. The summed E-state index contributed by atoms with van der Waals surface area (Å²) >= 11 is 0. The molecule has 1 atom stereocenters. The van der Waals surface area contributed by atoms with Crippen molar-refractivity contribution >= 4 is 24.3 Å². The lowest BCUT2D eigenvalue weighted by atomic mass is 10.2. The first kappa shape index (κ1) is 14.0. The van der Waals surface area contributed by atoms with Crippen molar-refractivity contribution in [3.63, 3.8) is 0 Å². The maximum atomic E-state index is 12.0. The highest BCUT2D eigenvalue weighted by molar-refractivity contribution is 5.92. The van der Waals surface area contributed by atoms with Gasteiger partial charge in [0, 0.05) is 19.0 Å². The van der Waals surface area contributed by atoms with E-state index < -0.39 is 0 Å². The van der Waals surface area contributed by atoms with Crippen LogP contribution in [0.5, 0.6) is 0 Å². The van der Waals surface area contributed by atoms with Crippen molar-refractivity contribution in [3.8, 4) is 0 Å². The van der Waals surface area contributed by atoms with E-state index in [0.717, 1.165) is 23.9 Å². The van der Waals surface area contributed by atoms with Crippen LogP contribution in [0.4, 0.5) is 4.79 Å². The highest BCUT2D eigenvalue weighted by Crippen LogP contribution is 2.34. The molecule has 1 unspecified atom stereocenters. The molecule has 2 amide bonds. The molecule has 0 saturated heterocycles. The molecule has 7 heteroatoms. The number of hydrogen-bond acceptors (Lipinski definition) is 4. The van der Waals surface area contributed by atoms with Crippen LogP contribution in [0.15, 0.2) is 16.5 Å².